The van der Waals surface area contributed by atoms with Gasteiger partial charge in [-0.25, -0.2) is 8.42 Å². The van der Waals surface area contributed by atoms with E-state index in [1.54, 1.807) is 44.2 Å². The number of benzene rings is 1. The molecule has 0 atom stereocenters. The number of nitrogens with zero attached hydrogens (tertiary/aromatic N) is 2. The molecule has 1 aromatic rings. The van der Waals surface area contributed by atoms with E-state index in [1.165, 1.54) is 4.90 Å². The number of rotatable bonds is 6. The van der Waals surface area contributed by atoms with E-state index in [-0.39, 0.29) is 19.0 Å². The highest BCUT2D eigenvalue weighted by molar-refractivity contribution is 7.89. The first kappa shape index (κ1) is 17.4. The normalized spacial score (nSPS) is 15.7. The van der Waals surface area contributed by atoms with Crippen LogP contribution in [0.3, 0.4) is 0 Å². The Morgan fingerprint density at radius 2 is 1.83 bits per heavy atom. The Balaban J connectivity index is 2.05. The summed E-state index contributed by atoms with van der Waals surface area (Å²) in [4.78, 5) is 24.5. The first-order chi connectivity index (χ1) is 10.7. The number of carboxylic acid groups (broad SMARTS) is 1. The molecule has 1 aliphatic heterocycles. The summed E-state index contributed by atoms with van der Waals surface area (Å²) in [6.07, 6.45) is 0. The zero-order valence-electron chi connectivity index (χ0n) is 13.0. The van der Waals surface area contributed by atoms with Crippen molar-refractivity contribution in [3.05, 3.63) is 35.9 Å². The molecule has 0 aromatic heterocycles. The Morgan fingerprint density at radius 1 is 1.26 bits per heavy atom. The summed E-state index contributed by atoms with van der Waals surface area (Å²) in [6, 6.07) is 8.19. The number of aliphatic carboxylic acids is 1. The second-order valence-electron chi connectivity index (χ2n) is 5.78. The molecule has 2 rings (SSSR count). The van der Waals surface area contributed by atoms with Crippen LogP contribution in [0.4, 0.5) is 0 Å². The van der Waals surface area contributed by atoms with Crippen molar-refractivity contribution in [2.75, 3.05) is 19.6 Å². The SMILES string of the molecule is CC(C)N(CC(=O)O)S(=O)(=O)C1CN(C(=O)c2ccccc2)C1. The molecular weight excluding hydrogens is 320 g/mol. The van der Waals surface area contributed by atoms with E-state index in [1.807, 2.05) is 0 Å². The van der Waals surface area contributed by atoms with Gasteiger partial charge in [0.15, 0.2) is 0 Å². The number of carbonyl (C=O) groups is 2. The first-order valence-electron chi connectivity index (χ1n) is 7.30. The van der Waals surface area contributed by atoms with Gasteiger partial charge in [0.05, 0.1) is 0 Å². The fourth-order valence-electron chi connectivity index (χ4n) is 2.45. The summed E-state index contributed by atoms with van der Waals surface area (Å²) >= 11 is 0. The lowest BCUT2D eigenvalue weighted by Crippen LogP contribution is -2.61. The Bertz CT molecular complexity index is 681. The van der Waals surface area contributed by atoms with Crippen LogP contribution in [0.25, 0.3) is 0 Å². The standard InChI is InChI=1S/C15H20N2O5S/c1-11(2)17(10-14(18)19)23(21,22)13-8-16(9-13)15(20)12-6-4-3-5-7-12/h3-7,11,13H,8-10H2,1-2H3,(H,18,19). The quantitative estimate of drug-likeness (QED) is 0.820. The van der Waals surface area contributed by atoms with Gasteiger partial charge in [-0.2, -0.15) is 4.31 Å². The highest BCUT2D eigenvalue weighted by Gasteiger charge is 2.44. The third-order valence-electron chi connectivity index (χ3n) is 3.77. The smallest absolute Gasteiger partial charge is 0.318 e. The highest BCUT2D eigenvalue weighted by Crippen LogP contribution is 2.23. The minimum absolute atomic E-state index is 0.0822. The Hall–Kier alpha value is -1.93. The van der Waals surface area contributed by atoms with Gasteiger partial charge in [0.25, 0.3) is 5.91 Å². The topological polar surface area (TPSA) is 95.0 Å². The monoisotopic (exact) mass is 340 g/mol. The van der Waals surface area contributed by atoms with Crippen LogP contribution in [-0.2, 0) is 14.8 Å². The fourth-order valence-corrected chi connectivity index (χ4v) is 4.44. The summed E-state index contributed by atoms with van der Waals surface area (Å²) in [7, 11) is -3.75. The molecule has 1 saturated heterocycles. The van der Waals surface area contributed by atoms with Gasteiger partial charge in [-0.15, -0.1) is 0 Å². The minimum atomic E-state index is -3.75. The van der Waals surface area contributed by atoms with Crippen molar-refractivity contribution in [1.29, 1.82) is 0 Å². The largest absolute Gasteiger partial charge is 0.480 e. The van der Waals surface area contributed by atoms with Crippen LogP contribution in [0.15, 0.2) is 30.3 Å². The molecule has 1 amide bonds. The maximum absolute atomic E-state index is 12.5. The average Bonchev–Trinajstić information content (AvgIpc) is 2.43. The molecular formula is C15H20N2O5S. The van der Waals surface area contributed by atoms with E-state index in [0.29, 0.717) is 5.56 Å². The van der Waals surface area contributed by atoms with Gasteiger partial charge in [-0.1, -0.05) is 18.2 Å². The molecule has 23 heavy (non-hydrogen) atoms. The predicted octanol–water partition coefficient (Wildman–Crippen LogP) is 0.636. The van der Waals surface area contributed by atoms with Crippen molar-refractivity contribution < 1.29 is 23.1 Å². The zero-order chi connectivity index (χ0) is 17.2. The summed E-state index contributed by atoms with van der Waals surface area (Å²) in [5.41, 5.74) is 0.509. The van der Waals surface area contributed by atoms with Crippen LogP contribution in [-0.4, -0.2) is 65.5 Å². The lowest BCUT2D eigenvalue weighted by Gasteiger charge is -2.41. The van der Waals surface area contributed by atoms with Crippen LogP contribution >= 0.6 is 0 Å². The Labute approximate surface area is 135 Å². The predicted molar refractivity (Wildman–Crippen MR) is 84.5 cm³/mol. The number of carboxylic acids is 1. The third-order valence-corrected chi connectivity index (χ3v) is 6.12. The van der Waals surface area contributed by atoms with Crippen LogP contribution in [0.1, 0.15) is 24.2 Å². The summed E-state index contributed by atoms with van der Waals surface area (Å²) in [6.45, 7) is 2.86. The molecule has 0 radical (unpaired) electrons. The number of hydrogen-bond acceptors (Lipinski definition) is 4. The van der Waals surface area contributed by atoms with Gasteiger partial charge >= 0.3 is 5.97 Å². The summed E-state index contributed by atoms with van der Waals surface area (Å²) in [5, 5.41) is 8.13. The average molecular weight is 340 g/mol. The zero-order valence-corrected chi connectivity index (χ0v) is 13.9. The second-order valence-corrected chi connectivity index (χ2v) is 7.94. The lowest BCUT2D eigenvalue weighted by molar-refractivity contribution is -0.137. The molecule has 0 aliphatic carbocycles. The minimum Gasteiger partial charge on any atom is -0.480 e. The van der Waals surface area contributed by atoms with E-state index >= 15 is 0 Å². The molecule has 7 nitrogen and oxygen atoms in total. The highest BCUT2D eigenvalue weighted by atomic mass is 32.2. The molecule has 0 spiro atoms. The van der Waals surface area contributed by atoms with Crippen molar-refractivity contribution >= 4 is 21.9 Å². The Kier molecular flexibility index (Phi) is 5.06. The molecule has 1 aromatic carbocycles. The number of likely N-dealkylation sites (tertiary alicyclic amines) is 1. The second kappa shape index (κ2) is 6.67. The number of sulfonamides is 1. The maximum Gasteiger partial charge on any atom is 0.318 e. The van der Waals surface area contributed by atoms with Gasteiger partial charge < -0.3 is 10.0 Å². The molecule has 1 fully saturated rings. The van der Waals surface area contributed by atoms with Crippen LogP contribution in [0.2, 0.25) is 0 Å². The first-order valence-corrected chi connectivity index (χ1v) is 8.80. The molecule has 1 aliphatic rings. The third kappa shape index (κ3) is 3.70. The van der Waals surface area contributed by atoms with Gasteiger partial charge in [-0.05, 0) is 26.0 Å². The van der Waals surface area contributed by atoms with Gasteiger partial charge in [0, 0.05) is 24.7 Å². The number of carbonyl (C=O) groups excluding carboxylic acids is 1. The van der Waals surface area contributed by atoms with Crippen molar-refractivity contribution in [2.24, 2.45) is 0 Å². The van der Waals surface area contributed by atoms with Gasteiger partial charge in [0.1, 0.15) is 11.8 Å². The van der Waals surface area contributed by atoms with Crippen LogP contribution < -0.4 is 0 Å². The fraction of sp³-hybridized carbons (Fsp3) is 0.467. The lowest BCUT2D eigenvalue weighted by atomic mass is 10.1. The number of hydrogen-bond donors (Lipinski definition) is 1. The molecule has 126 valence electrons. The summed E-state index contributed by atoms with van der Waals surface area (Å²) in [5.74, 6) is -1.41. The van der Waals surface area contributed by atoms with E-state index in [0.717, 1.165) is 4.31 Å². The molecule has 0 bridgehead atoms. The molecule has 0 saturated carbocycles. The summed E-state index contributed by atoms with van der Waals surface area (Å²) < 4.78 is 26.0. The van der Waals surface area contributed by atoms with E-state index in [9.17, 15) is 18.0 Å². The molecule has 1 N–H and O–H groups in total. The molecule has 8 heteroatoms. The van der Waals surface area contributed by atoms with Crippen molar-refractivity contribution in [3.8, 4) is 0 Å². The van der Waals surface area contributed by atoms with Crippen LogP contribution in [0.5, 0.6) is 0 Å². The van der Waals surface area contributed by atoms with E-state index < -0.39 is 33.8 Å². The van der Waals surface area contributed by atoms with Gasteiger partial charge in [-0.3, -0.25) is 9.59 Å². The Morgan fingerprint density at radius 3 is 2.30 bits per heavy atom. The van der Waals surface area contributed by atoms with Gasteiger partial charge in [0.2, 0.25) is 10.0 Å². The molecule has 0 unspecified atom stereocenters. The van der Waals surface area contributed by atoms with E-state index in [4.69, 9.17) is 5.11 Å². The van der Waals surface area contributed by atoms with Crippen molar-refractivity contribution in [2.45, 2.75) is 25.1 Å². The van der Waals surface area contributed by atoms with Crippen molar-refractivity contribution in [1.82, 2.24) is 9.21 Å². The van der Waals surface area contributed by atoms with Crippen LogP contribution in [0, 0.1) is 0 Å². The molecule has 1 heterocycles. The number of amides is 1. The van der Waals surface area contributed by atoms with Crippen molar-refractivity contribution in [3.63, 3.8) is 0 Å². The van der Waals surface area contributed by atoms with E-state index in [2.05, 4.69) is 0 Å². The maximum atomic E-state index is 12.5.